The van der Waals surface area contributed by atoms with E-state index < -0.39 is 10.0 Å². The van der Waals surface area contributed by atoms with Gasteiger partial charge in [0.15, 0.2) is 5.82 Å². The van der Waals surface area contributed by atoms with Crippen molar-refractivity contribution >= 4 is 49.8 Å². The monoisotopic (exact) mass is 576 g/mol. The molecule has 0 saturated carbocycles. The lowest BCUT2D eigenvalue weighted by molar-refractivity contribution is 0.601. The minimum absolute atomic E-state index is 0.0218. The molecule has 5 aromatic rings. The van der Waals surface area contributed by atoms with Crippen molar-refractivity contribution in [1.29, 1.82) is 0 Å². The van der Waals surface area contributed by atoms with Crippen molar-refractivity contribution in [3.05, 3.63) is 71.6 Å². The average molecular weight is 577 g/mol. The van der Waals surface area contributed by atoms with Gasteiger partial charge >= 0.3 is 0 Å². The van der Waals surface area contributed by atoms with Crippen molar-refractivity contribution in [2.75, 3.05) is 23.1 Å². The third kappa shape index (κ3) is 5.19. The Morgan fingerprint density at radius 3 is 2.85 bits per heavy atom. The summed E-state index contributed by atoms with van der Waals surface area (Å²) in [6, 6.07) is 14.4. The van der Waals surface area contributed by atoms with Crippen LogP contribution in [0.25, 0.3) is 27.7 Å². The number of hydrogen-bond acceptors (Lipinski definition) is 8. The van der Waals surface area contributed by atoms with Crippen LogP contribution in [-0.4, -0.2) is 52.1 Å². The number of aromatic nitrogens is 5. The molecule has 40 heavy (non-hydrogen) atoms. The predicted molar refractivity (Wildman–Crippen MR) is 157 cm³/mol. The van der Waals surface area contributed by atoms with Crippen LogP contribution in [0.15, 0.2) is 66.0 Å². The molecule has 1 aliphatic rings. The van der Waals surface area contributed by atoms with Gasteiger partial charge in [-0.15, -0.1) is 0 Å². The number of halogens is 1. The first kappa shape index (κ1) is 26.4. The Morgan fingerprint density at radius 1 is 1.12 bits per heavy atom. The molecule has 10 nitrogen and oxygen atoms in total. The molecule has 1 atom stereocenters. The van der Waals surface area contributed by atoms with Crippen molar-refractivity contribution in [2.45, 2.75) is 43.5 Å². The number of aryl methyl sites for hydroxylation is 1. The Hall–Kier alpha value is -3.80. The fraction of sp³-hybridized carbons (Fsp3) is 0.286. The van der Waals surface area contributed by atoms with Crippen LogP contribution in [0.4, 0.5) is 11.8 Å². The van der Waals surface area contributed by atoms with Gasteiger partial charge in [-0.25, -0.2) is 27.9 Å². The third-order valence-corrected chi connectivity index (χ3v) is 8.97. The van der Waals surface area contributed by atoms with Crippen molar-refractivity contribution in [3.63, 3.8) is 0 Å². The normalized spacial score (nSPS) is 16.2. The molecule has 3 N–H and O–H groups in total. The van der Waals surface area contributed by atoms with Gasteiger partial charge in [-0.1, -0.05) is 37.1 Å². The number of rotatable bonds is 7. The van der Waals surface area contributed by atoms with Gasteiger partial charge in [0.05, 0.1) is 16.2 Å². The molecule has 3 aromatic heterocycles. The van der Waals surface area contributed by atoms with E-state index in [1.165, 1.54) is 31.3 Å². The van der Waals surface area contributed by atoms with Gasteiger partial charge in [0.1, 0.15) is 16.7 Å². The second-order valence-corrected chi connectivity index (χ2v) is 11.9. The zero-order valence-corrected chi connectivity index (χ0v) is 23.5. The SMILES string of the molecule is CCc1cc(-c2ccc3c(NS(=O)(=O)c4ccccc4Cl)ncnn23)cc2cnc(NC3CCCCNC3)nc12. The summed E-state index contributed by atoms with van der Waals surface area (Å²) >= 11 is 6.14. The maximum Gasteiger partial charge on any atom is 0.264 e. The van der Waals surface area contributed by atoms with Crippen molar-refractivity contribution in [2.24, 2.45) is 0 Å². The maximum absolute atomic E-state index is 13.1. The molecule has 0 amide bonds. The Kier molecular flexibility index (Phi) is 7.26. The van der Waals surface area contributed by atoms with Crippen LogP contribution in [0.5, 0.6) is 0 Å². The smallest absolute Gasteiger partial charge is 0.264 e. The summed E-state index contributed by atoms with van der Waals surface area (Å²) in [6.07, 6.45) is 7.42. The van der Waals surface area contributed by atoms with Crippen LogP contribution in [0.3, 0.4) is 0 Å². The molecule has 1 fully saturated rings. The summed E-state index contributed by atoms with van der Waals surface area (Å²) in [4.78, 5) is 13.7. The molecule has 0 bridgehead atoms. The Labute approximate surface area is 237 Å². The topological polar surface area (TPSA) is 126 Å². The zero-order chi connectivity index (χ0) is 27.7. The molecule has 0 aliphatic carbocycles. The van der Waals surface area contributed by atoms with Crippen molar-refractivity contribution in [1.82, 2.24) is 29.9 Å². The molecular weight excluding hydrogens is 548 g/mol. The summed E-state index contributed by atoms with van der Waals surface area (Å²) < 4.78 is 30.3. The third-order valence-electron chi connectivity index (χ3n) is 7.13. The number of nitrogens with one attached hydrogen (secondary N) is 3. The second-order valence-electron chi connectivity index (χ2n) is 9.82. The number of nitrogens with zero attached hydrogens (tertiary/aromatic N) is 5. The number of fused-ring (bicyclic) bond motifs is 2. The lowest BCUT2D eigenvalue weighted by Crippen LogP contribution is -2.31. The highest BCUT2D eigenvalue weighted by atomic mass is 35.5. The lowest BCUT2D eigenvalue weighted by atomic mass is 10.0. The Balaban J connectivity index is 1.34. The highest BCUT2D eigenvalue weighted by Gasteiger charge is 2.21. The van der Waals surface area contributed by atoms with Gasteiger partial charge < -0.3 is 10.6 Å². The van der Waals surface area contributed by atoms with Crippen LogP contribution in [0.2, 0.25) is 5.02 Å². The molecule has 2 aromatic carbocycles. The Morgan fingerprint density at radius 2 is 2.00 bits per heavy atom. The van der Waals surface area contributed by atoms with Gasteiger partial charge in [-0.2, -0.15) is 5.10 Å². The number of anilines is 2. The summed E-state index contributed by atoms with van der Waals surface area (Å²) in [7, 11) is -3.96. The molecule has 1 aliphatic heterocycles. The molecule has 6 rings (SSSR count). The van der Waals surface area contributed by atoms with E-state index in [4.69, 9.17) is 16.6 Å². The standard InChI is InChI=1S/C28H29ClN8O2S/c1-2-18-13-19(14-20-15-31-28(35-26(18)20)34-21-7-5-6-12-30-16-21)23-10-11-24-27(32-17-33-37(23)24)36-40(38,39)25-9-4-3-8-22(25)29/h3-4,8-11,13-15,17,21,30H,2,5-7,12,16H2,1H3,(H,31,34,35)(H,32,33,36). The van der Waals surface area contributed by atoms with Gasteiger partial charge in [-0.05, 0) is 67.8 Å². The number of benzene rings is 2. The van der Waals surface area contributed by atoms with E-state index >= 15 is 0 Å². The average Bonchev–Trinajstić information content (AvgIpc) is 3.23. The zero-order valence-electron chi connectivity index (χ0n) is 21.9. The molecule has 12 heteroatoms. The Bertz CT molecular complexity index is 1800. The van der Waals surface area contributed by atoms with E-state index in [9.17, 15) is 8.42 Å². The molecular formula is C28H29ClN8O2S. The summed E-state index contributed by atoms with van der Waals surface area (Å²) in [6.45, 7) is 4.05. The minimum Gasteiger partial charge on any atom is -0.350 e. The number of hydrogen-bond donors (Lipinski definition) is 3. The molecule has 4 heterocycles. The van der Waals surface area contributed by atoms with Crippen molar-refractivity contribution in [3.8, 4) is 11.3 Å². The van der Waals surface area contributed by atoms with Crippen LogP contribution >= 0.6 is 11.6 Å². The summed E-state index contributed by atoms with van der Waals surface area (Å²) in [5, 5.41) is 12.4. The first-order valence-corrected chi connectivity index (χ1v) is 15.2. The number of sulfonamides is 1. The fourth-order valence-corrected chi connectivity index (χ4v) is 6.65. The van der Waals surface area contributed by atoms with Crippen LogP contribution in [-0.2, 0) is 16.4 Å². The first-order valence-electron chi connectivity index (χ1n) is 13.3. The maximum atomic E-state index is 13.1. The summed E-state index contributed by atoms with van der Waals surface area (Å²) in [5.74, 6) is 0.796. The molecule has 1 unspecified atom stereocenters. The van der Waals surface area contributed by atoms with Gasteiger partial charge in [0.2, 0.25) is 5.95 Å². The first-order chi connectivity index (χ1) is 19.4. The molecule has 0 spiro atoms. The quantitative estimate of drug-likeness (QED) is 0.249. The molecule has 0 radical (unpaired) electrons. The van der Waals surface area contributed by atoms with E-state index in [-0.39, 0.29) is 15.7 Å². The highest BCUT2D eigenvalue weighted by molar-refractivity contribution is 7.92. The van der Waals surface area contributed by atoms with Gasteiger partial charge in [0.25, 0.3) is 10.0 Å². The second kappa shape index (κ2) is 11.0. The van der Waals surface area contributed by atoms with Gasteiger partial charge in [0, 0.05) is 29.7 Å². The highest BCUT2D eigenvalue weighted by Crippen LogP contribution is 2.31. The van der Waals surface area contributed by atoms with Crippen LogP contribution in [0, 0.1) is 0 Å². The largest absolute Gasteiger partial charge is 0.350 e. The van der Waals surface area contributed by atoms with E-state index in [2.05, 4.69) is 43.4 Å². The fourth-order valence-electron chi connectivity index (χ4n) is 5.11. The molecule has 1 saturated heterocycles. The summed E-state index contributed by atoms with van der Waals surface area (Å²) in [5.41, 5.74) is 4.22. The van der Waals surface area contributed by atoms with E-state index in [1.807, 2.05) is 18.3 Å². The van der Waals surface area contributed by atoms with Crippen molar-refractivity contribution < 1.29 is 8.42 Å². The van der Waals surface area contributed by atoms with E-state index in [0.717, 1.165) is 53.7 Å². The van der Waals surface area contributed by atoms with Gasteiger partial charge in [-0.3, -0.25) is 4.72 Å². The van der Waals surface area contributed by atoms with E-state index in [1.54, 1.807) is 22.7 Å². The molecule has 206 valence electrons. The van der Waals surface area contributed by atoms with Crippen LogP contribution in [0.1, 0.15) is 31.7 Å². The van der Waals surface area contributed by atoms with E-state index in [0.29, 0.717) is 17.5 Å². The lowest BCUT2D eigenvalue weighted by Gasteiger charge is -2.17. The predicted octanol–water partition coefficient (Wildman–Crippen LogP) is 4.91. The van der Waals surface area contributed by atoms with Crippen LogP contribution < -0.4 is 15.4 Å². The minimum atomic E-state index is -3.96.